The van der Waals surface area contributed by atoms with E-state index < -0.39 is 16.9 Å². The van der Waals surface area contributed by atoms with Crippen molar-refractivity contribution < 1.29 is 13.6 Å². The highest BCUT2D eigenvalue weighted by atomic mass is 19.1. The van der Waals surface area contributed by atoms with Gasteiger partial charge >= 0.3 is 0 Å². The van der Waals surface area contributed by atoms with Crippen LogP contribution in [0.4, 0.5) is 14.7 Å². The summed E-state index contributed by atoms with van der Waals surface area (Å²) < 4.78 is 27.7. The number of anilines is 1. The predicted octanol–water partition coefficient (Wildman–Crippen LogP) is 0.929. The van der Waals surface area contributed by atoms with E-state index in [1.807, 2.05) is 0 Å². The highest BCUT2D eigenvalue weighted by Crippen LogP contribution is 2.16. The molecule has 166 valence electrons. The number of aromatic nitrogens is 4. The molecule has 2 aromatic heterocycles. The molecule has 4 rings (SSSR count). The minimum atomic E-state index is -0.914. The molecule has 0 bridgehead atoms. The minimum Gasteiger partial charge on any atom is -0.339 e. The summed E-state index contributed by atoms with van der Waals surface area (Å²) >= 11 is 0. The zero-order valence-electron chi connectivity index (χ0n) is 17.2. The van der Waals surface area contributed by atoms with Crippen LogP contribution in [0.5, 0.6) is 0 Å². The molecule has 1 amide bonds. The van der Waals surface area contributed by atoms with Gasteiger partial charge in [0.1, 0.15) is 12.4 Å². The lowest BCUT2D eigenvalue weighted by molar-refractivity contribution is -0.132. The zero-order chi connectivity index (χ0) is 22.8. The van der Waals surface area contributed by atoms with Crippen molar-refractivity contribution in [2.24, 2.45) is 0 Å². The summed E-state index contributed by atoms with van der Waals surface area (Å²) in [4.78, 5) is 46.4. The molecule has 1 N–H and O–H groups in total. The highest BCUT2D eigenvalue weighted by Gasteiger charge is 2.24. The van der Waals surface area contributed by atoms with Gasteiger partial charge in [-0.15, -0.1) is 0 Å². The topological polar surface area (TPSA) is 104 Å². The minimum absolute atomic E-state index is 0.00809. The van der Waals surface area contributed by atoms with Crippen molar-refractivity contribution in [2.75, 3.05) is 31.1 Å². The number of carbonyl (C=O) groups excluding carboxylic acids is 1. The third-order valence-electron chi connectivity index (χ3n) is 5.24. The van der Waals surface area contributed by atoms with Crippen molar-refractivity contribution in [3.8, 4) is 11.3 Å². The summed E-state index contributed by atoms with van der Waals surface area (Å²) in [6.07, 6.45) is 0. The molecule has 32 heavy (non-hydrogen) atoms. The van der Waals surface area contributed by atoms with Crippen LogP contribution in [0, 0.1) is 18.6 Å². The molecule has 0 saturated carbocycles. The van der Waals surface area contributed by atoms with Gasteiger partial charge in [-0.25, -0.2) is 14.1 Å². The molecule has 1 aliphatic heterocycles. The second-order valence-electron chi connectivity index (χ2n) is 7.38. The SMILES string of the molecule is Cc1nc(N2CCN(C(=O)Cn3nc(-c4ccc(F)cc4)ccc3=O)CC2)[nH]c(=O)c1F. The number of halogens is 2. The molecule has 0 spiro atoms. The third-order valence-corrected chi connectivity index (χ3v) is 5.24. The summed E-state index contributed by atoms with van der Waals surface area (Å²) in [6.45, 7) is 2.63. The number of hydrogen-bond acceptors (Lipinski definition) is 6. The van der Waals surface area contributed by atoms with Gasteiger partial charge < -0.3 is 9.80 Å². The Kier molecular flexibility index (Phi) is 5.80. The Bertz CT molecular complexity index is 1260. The molecule has 3 heterocycles. The standard InChI is InChI=1S/C21H20F2N6O3/c1-13-19(23)20(32)25-21(24-13)28-10-8-27(9-11-28)18(31)12-29-17(30)7-6-16(26-29)14-2-4-15(22)5-3-14/h2-7H,8-12H2,1H3,(H,24,25,32). The van der Waals surface area contributed by atoms with Crippen LogP contribution in [0.3, 0.4) is 0 Å². The van der Waals surface area contributed by atoms with Gasteiger partial charge in [-0.05, 0) is 37.3 Å². The van der Waals surface area contributed by atoms with Crippen molar-refractivity contribution in [1.29, 1.82) is 0 Å². The fraction of sp³-hybridized carbons (Fsp3) is 0.286. The van der Waals surface area contributed by atoms with Crippen molar-refractivity contribution in [1.82, 2.24) is 24.6 Å². The molecular formula is C21H20F2N6O3. The fourth-order valence-electron chi connectivity index (χ4n) is 3.44. The van der Waals surface area contributed by atoms with Crippen molar-refractivity contribution >= 4 is 11.9 Å². The van der Waals surface area contributed by atoms with Crippen LogP contribution in [0.2, 0.25) is 0 Å². The Morgan fingerprint density at radius 2 is 1.72 bits per heavy atom. The van der Waals surface area contributed by atoms with E-state index in [0.29, 0.717) is 37.4 Å². The number of hydrogen-bond donors (Lipinski definition) is 1. The number of rotatable bonds is 4. The first-order chi connectivity index (χ1) is 15.3. The van der Waals surface area contributed by atoms with E-state index in [1.54, 1.807) is 21.9 Å². The first-order valence-electron chi connectivity index (χ1n) is 9.95. The number of piperazine rings is 1. The number of nitrogens with zero attached hydrogens (tertiary/aromatic N) is 5. The lowest BCUT2D eigenvalue weighted by Crippen LogP contribution is -2.51. The number of nitrogens with one attached hydrogen (secondary N) is 1. The van der Waals surface area contributed by atoms with Gasteiger partial charge in [-0.1, -0.05) is 0 Å². The zero-order valence-corrected chi connectivity index (χ0v) is 17.2. The molecule has 3 aromatic rings. The summed E-state index contributed by atoms with van der Waals surface area (Å²) in [5.74, 6) is -1.33. The van der Waals surface area contributed by atoms with Gasteiger partial charge in [0, 0.05) is 37.8 Å². The molecule has 0 unspecified atom stereocenters. The molecule has 1 aliphatic rings. The maximum Gasteiger partial charge on any atom is 0.288 e. The number of carbonyl (C=O) groups is 1. The first-order valence-corrected chi connectivity index (χ1v) is 9.95. The summed E-state index contributed by atoms with van der Waals surface area (Å²) in [5.41, 5.74) is -0.182. The van der Waals surface area contributed by atoms with E-state index in [1.165, 1.54) is 31.2 Å². The molecule has 11 heteroatoms. The number of amides is 1. The predicted molar refractivity (Wildman–Crippen MR) is 112 cm³/mol. The van der Waals surface area contributed by atoms with Gasteiger partial charge in [-0.3, -0.25) is 19.4 Å². The summed E-state index contributed by atoms with van der Waals surface area (Å²) in [6, 6.07) is 8.51. The Morgan fingerprint density at radius 1 is 1.03 bits per heavy atom. The third kappa shape index (κ3) is 4.41. The largest absolute Gasteiger partial charge is 0.339 e. The molecule has 1 fully saturated rings. The molecule has 0 aliphatic carbocycles. The van der Waals surface area contributed by atoms with Gasteiger partial charge in [0.25, 0.3) is 11.1 Å². The van der Waals surface area contributed by atoms with E-state index in [-0.39, 0.29) is 29.9 Å². The maximum absolute atomic E-state index is 13.5. The van der Waals surface area contributed by atoms with Crippen molar-refractivity contribution in [2.45, 2.75) is 13.5 Å². The molecule has 1 saturated heterocycles. The molecular weight excluding hydrogens is 422 g/mol. The average molecular weight is 442 g/mol. The fourth-order valence-corrected chi connectivity index (χ4v) is 3.44. The van der Waals surface area contributed by atoms with Crippen LogP contribution < -0.4 is 16.0 Å². The Morgan fingerprint density at radius 3 is 2.38 bits per heavy atom. The Labute approximate surface area is 180 Å². The van der Waals surface area contributed by atoms with Crippen LogP contribution in [-0.2, 0) is 11.3 Å². The van der Waals surface area contributed by atoms with E-state index >= 15 is 0 Å². The van der Waals surface area contributed by atoms with E-state index in [0.717, 1.165) is 4.68 Å². The maximum atomic E-state index is 13.5. The van der Waals surface area contributed by atoms with Crippen molar-refractivity contribution in [3.63, 3.8) is 0 Å². The summed E-state index contributed by atoms with van der Waals surface area (Å²) in [5, 5.41) is 4.24. The van der Waals surface area contributed by atoms with Crippen LogP contribution in [0.1, 0.15) is 5.69 Å². The number of aryl methyl sites for hydroxylation is 1. The Balaban J connectivity index is 1.43. The molecule has 0 atom stereocenters. The Hall–Kier alpha value is -3.89. The number of H-pyrrole nitrogens is 1. The molecule has 1 aromatic carbocycles. The van der Waals surface area contributed by atoms with Gasteiger partial charge in [0.2, 0.25) is 17.7 Å². The lowest BCUT2D eigenvalue weighted by Gasteiger charge is -2.35. The van der Waals surface area contributed by atoms with Crippen LogP contribution in [0.15, 0.2) is 46.0 Å². The highest BCUT2D eigenvalue weighted by molar-refractivity contribution is 5.76. The number of aromatic amines is 1. The van der Waals surface area contributed by atoms with Gasteiger partial charge in [-0.2, -0.15) is 9.49 Å². The van der Waals surface area contributed by atoms with Crippen LogP contribution >= 0.6 is 0 Å². The lowest BCUT2D eigenvalue weighted by atomic mass is 10.1. The van der Waals surface area contributed by atoms with E-state index in [9.17, 15) is 23.2 Å². The monoisotopic (exact) mass is 442 g/mol. The smallest absolute Gasteiger partial charge is 0.288 e. The molecule has 0 radical (unpaired) electrons. The normalized spacial score (nSPS) is 14.0. The van der Waals surface area contributed by atoms with Gasteiger partial charge in [0.15, 0.2) is 0 Å². The van der Waals surface area contributed by atoms with Crippen molar-refractivity contribution in [3.05, 3.63) is 74.4 Å². The average Bonchev–Trinajstić information content (AvgIpc) is 2.79. The molecule has 9 nitrogen and oxygen atoms in total. The van der Waals surface area contributed by atoms with Crippen LogP contribution in [-0.4, -0.2) is 56.7 Å². The summed E-state index contributed by atoms with van der Waals surface area (Å²) in [7, 11) is 0. The quantitative estimate of drug-likeness (QED) is 0.645. The van der Waals surface area contributed by atoms with Gasteiger partial charge in [0.05, 0.1) is 11.4 Å². The van der Waals surface area contributed by atoms with E-state index in [2.05, 4.69) is 15.1 Å². The van der Waals surface area contributed by atoms with Crippen LogP contribution in [0.25, 0.3) is 11.3 Å². The van der Waals surface area contributed by atoms with E-state index in [4.69, 9.17) is 0 Å². The second kappa shape index (κ2) is 8.69. The first kappa shape index (κ1) is 21.3. The second-order valence-corrected chi connectivity index (χ2v) is 7.38. The number of benzene rings is 1.